The van der Waals surface area contributed by atoms with Gasteiger partial charge in [0.15, 0.2) is 9.76 Å². The van der Waals surface area contributed by atoms with Gasteiger partial charge in [0.25, 0.3) is 0 Å². The van der Waals surface area contributed by atoms with Crippen LogP contribution in [0.15, 0.2) is 24.3 Å². The van der Waals surface area contributed by atoms with Crippen LogP contribution in [-0.4, -0.2) is 16.4 Å². The van der Waals surface area contributed by atoms with E-state index in [9.17, 15) is 0 Å². The quantitative estimate of drug-likeness (QED) is 0.584. The Labute approximate surface area is 121 Å². The maximum absolute atomic E-state index is 5.92. The number of benzene rings is 1. The van der Waals surface area contributed by atoms with Gasteiger partial charge in [-0.1, -0.05) is 65.8 Å². The minimum absolute atomic E-state index is 0.233. The summed E-state index contributed by atoms with van der Waals surface area (Å²) in [5.41, 5.74) is 3.58. The number of hydrogen-bond acceptors (Lipinski definition) is 1. The molecule has 0 fully saturated rings. The third-order valence-corrected chi connectivity index (χ3v) is 4.66. The minimum atomic E-state index is -0.435. The SMILES string of the molecule is CC(C)(C)CCO[SiH2]Cc1ccccc1C(C)(C)C. The number of hydrogen-bond donors (Lipinski definition) is 0. The first kappa shape index (κ1) is 16.5. The molecule has 108 valence electrons. The summed E-state index contributed by atoms with van der Waals surface area (Å²) >= 11 is 0. The lowest BCUT2D eigenvalue weighted by atomic mass is 9.84. The lowest BCUT2D eigenvalue weighted by Crippen LogP contribution is -2.17. The van der Waals surface area contributed by atoms with E-state index in [0.29, 0.717) is 5.41 Å². The van der Waals surface area contributed by atoms with Crippen molar-refractivity contribution in [2.45, 2.75) is 59.4 Å². The molecule has 0 atom stereocenters. The first-order valence-electron chi connectivity index (χ1n) is 7.36. The topological polar surface area (TPSA) is 9.23 Å². The first-order valence-corrected chi connectivity index (χ1v) is 8.94. The van der Waals surface area contributed by atoms with E-state index in [4.69, 9.17) is 4.43 Å². The van der Waals surface area contributed by atoms with E-state index < -0.39 is 9.76 Å². The summed E-state index contributed by atoms with van der Waals surface area (Å²) in [6, 6.07) is 9.97. The molecule has 0 aliphatic carbocycles. The van der Waals surface area contributed by atoms with Crippen molar-refractivity contribution < 1.29 is 4.43 Å². The van der Waals surface area contributed by atoms with Gasteiger partial charge in [-0.05, 0) is 34.4 Å². The van der Waals surface area contributed by atoms with E-state index >= 15 is 0 Å². The highest BCUT2D eigenvalue weighted by molar-refractivity contribution is 6.26. The van der Waals surface area contributed by atoms with Gasteiger partial charge < -0.3 is 4.43 Å². The summed E-state index contributed by atoms with van der Waals surface area (Å²) in [5, 5.41) is 0. The maximum atomic E-state index is 5.92. The van der Waals surface area contributed by atoms with Crippen molar-refractivity contribution in [3.8, 4) is 0 Å². The molecule has 0 amide bonds. The Hall–Kier alpha value is -0.603. The molecular weight excluding hydrogens is 248 g/mol. The molecule has 19 heavy (non-hydrogen) atoms. The van der Waals surface area contributed by atoms with Crippen molar-refractivity contribution in [2.24, 2.45) is 5.41 Å². The zero-order valence-electron chi connectivity index (χ0n) is 13.5. The predicted molar refractivity (Wildman–Crippen MR) is 87.4 cm³/mol. The van der Waals surface area contributed by atoms with Crippen molar-refractivity contribution >= 4 is 9.76 Å². The fourth-order valence-corrected chi connectivity index (χ4v) is 3.28. The highest BCUT2D eigenvalue weighted by Crippen LogP contribution is 2.25. The smallest absolute Gasteiger partial charge is 0.165 e. The van der Waals surface area contributed by atoms with Gasteiger partial charge in [-0.3, -0.25) is 0 Å². The molecule has 0 heterocycles. The van der Waals surface area contributed by atoms with Crippen LogP contribution in [0.3, 0.4) is 0 Å². The lowest BCUT2D eigenvalue weighted by molar-refractivity contribution is 0.251. The standard InChI is InChI=1S/C17H30OSi/c1-16(2,3)11-12-18-19-13-14-9-7-8-10-15(14)17(4,5)6/h7-10H,11-13,19H2,1-6H3. The normalized spacial score (nSPS) is 13.4. The van der Waals surface area contributed by atoms with Crippen LogP contribution < -0.4 is 0 Å². The molecule has 0 radical (unpaired) electrons. The van der Waals surface area contributed by atoms with Crippen molar-refractivity contribution in [2.75, 3.05) is 6.61 Å². The van der Waals surface area contributed by atoms with Crippen LogP contribution in [0, 0.1) is 5.41 Å². The Morgan fingerprint density at radius 2 is 1.63 bits per heavy atom. The van der Waals surface area contributed by atoms with Crippen LogP contribution in [-0.2, 0) is 15.9 Å². The molecule has 1 rings (SSSR count). The molecular formula is C17H30OSi. The summed E-state index contributed by atoms with van der Waals surface area (Å²) in [4.78, 5) is 0. The van der Waals surface area contributed by atoms with Crippen LogP contribution in [0.1, 0.15) is 59.1 Å². The monoisotopic (exact) mass is 278 g/mol. The highest BCUT2D eigenvalue weighted by Gasteiger charge is 2.17. The van der Waals surface area contributed by atoms with Gasteiger partial charge in [-0.25, -0.2) is 0 Å². The maximum Gasteiger partial charge on any atom is 0.165 e. The highest BCUT2D eigenvalue weighted by atomic mass is 28.2. The zero-order chi connectivity index (χ0) is 14.5. The van der Waals surface area contributed by atoms with Crippen LogP contribution in [0.25, 0.3) is 0 Å². The Morgan fingerprint density at radius 3 is 2.21 bits per heavy atom. The molecule has 0 spiro atoms. The van der Waals surface area contributed by atoms with Crippen molar-refractivity contribution in [1.82, 2.24) is 0 Å². The van der Waals surface area contributed by atoms with Gasteiger partial charge in [0.1, 0.15) is 0 Å². The Morgan fingerprint density at radius 1 is 1.00 bits per heavy atom. The molecule has 1 aromatic carbocycles. The average Bonchev–Trinajstić information content (AvgIpc) is 2.26. The predicted octanol–water partition coefficient (Wildman–Crippen LogP) is 4.02. The van der Waals surface area contributed by atoms with Gasteiger partial charge in [-0.2, -0.15) is 0 Å². The molecule has 0 unspecified atom stereocenters. The van der Waals surface area contributed by atoms with E-state index in [-0.39, 0.29) is 5.41 Å². The van der Waals surface area contributed by atoms with Gasteiger partial charge in [-0.15, -0.1) is 0 Å². The largest absolute Gasteiger partial charge is 0.424 e. The molecule has 2 heteroatoms. The summed E-state index contributed by atoms with van der Waals surface area (Å²) in [5.74, 6) is 0. The summed E-state index contributed by atoms with van der Waals surface area (Å²) in [7, 11) is -0.435. The third kappa shape index (κ3) is 6.39. The Bertz CT molecular complexity index is 385. The summed E-state index contributed by atoms with van der Waals surface area (Å²) in [6.07, 6.45) is 1.15. The second-order valence-electron chi connectivity index (χ2n) is 7.58. The zero-order valence-corrected chi connectivity index (χ0v) is 15.0. The van der Waals surface area contributed by atoms with E-state index in [0.717, 1.165) is 19.1 Å². The first-order chi connectivity index (χ1) is 8.70. The van der Waals surface area contributed by atoms with Crippen LogP contribution in [0.5, 0.6) is 0 Å². The third-order valence-electron chi connectivity index (χ3n) is 3.34. The lowest BCUT2D eigenvalue weighted by Gasteiger charge is -2.23. The van der Waals surface area contributed by atoms with Crippen LogP contribution >= 0.6 is 0 Å². The Kier molecular flexibility index (Phi) is 5.81. The minimum Gasteiger partial charge on any atom is -0.424 e. The van der Waals surface area contributed by atoms with Crippen LogP contribution in [0.4, 0.5) is 0 Å². The van der Waals surface area contributed by atoms with Crippen molar-refractivity contribution in [3.63, 3.8) is 0 Å². The molecule has 1 nitrogen and oxygen atoms in total. The van der Waals surface area contributed by atoms with Gasteiger partial charge in [0.05, 0.1) is 0 Å². The molecule has 0 aromatic heterocycles. The molecule has 1 aromatic rings. The molecule has 0 bridgehead atoms. The van der Waals surface area contributed by atoms with E-state index in [1.165, 1.54) is 11.1 Å². The van der Waals surface area contributed by atoms with Gasteiger partial charge in [0, 0.05) is 6.61 Å². The van der Waals surface area contributed by atoms with Crippen LogP contribution in [0.2, 0.25) is 0 Å². The van der Waals surface area contributed by atoms with E-state index in [2.05, 4.69) is 65.8 Å². The summed E-state index contributed by atoms with van der Waals surface area (Å²) in [6.45, 7) is 14.6. The van der Waals surface area contributed by atoms with E-state index in [1.807, 2.05) is 0 Å². The molecule has 0 N–H and O–H groups in total. The molecule has 0 aliphatic heterocycles. The van der Waals surface area contributed by atoms with Gasteiger partial charge in [0.2, 0.25) is 0 Å². The molecule has 0 saturated carbocycles. The van der Waals surface area contributed by atoms with E-state index in [1.54, 1.807) is 0 Å². The fraction of sp³-hybridized carbons (Fsp3) is 0.647. The molecule has 0 saturated heterocycles. The second kappa shape index (κ2) is 6.71. The average molecular weight is 279 g/mol. The number of rotatable bonds is 5. The van der Waals surface area contributed by atoms with Crippen molar-refractivity contribution in [3.05, 3.63) is 35.4 Å². The molecule has 0 aliphatic rings. The summed E-state index contributed by atoms with van der Waals surface area (Å²) < 4.78 is 5.92. The van der Waals surface area contributed by atoms with Gasteiger partial charge >= 0.3 is 0 Å². The fourth-order valence-electron chi connectivity index (χ4n) is 2.13. The second-order valence-corrected chi connectivity index (χ2v) is 8.90. The van der Waals surface area contributed by atoms with Crippen molar-refractivity contribution in [1.29, 1.82) is 0 Å². The Balaban J connectivity index is 2.46.